The van der Waals surface area contributed by atoms with Crippen LogP contribution in [0, 0.1) is 5.92 Å². The van der Waals surface area contributed by atoms with E-state index in [1.54, 1.807) is 0 Å². The second kappa shape index (κ2) is 7.82. The summed E-state index contributed by atoms with van der Waals surface area (Å²) in [7, 11) is 0. The molecule has 2 heteroatoms. The second-order valence-electron chi connectivity index (χ2n) is 6.09. The quantitative estimate of drug-likeness (QED) is 0.628. The Morgan fingerprint density at radius 3 is 2.67 bits per heavy atom. The van der Waals surface area contributed by atoms with Crippen LogP contribution in [0.25, 0.3) is 11.3 Å². The van der Waals surface area contributed by atoms with Gasteiger partial charge in [0.1, 0.15) is 0 Å². The average Bonchev–Trinajstić information content (AvgIpc) is 2.94. The van der Waals surface area contributed by atoms with Gasteiger partial charge in [0.25, 0.3) is 0 Å². The molecule has 0 spiro atoms. The van der Waals surface area contributed by atoms with Crippen LogP contribution in [-0.2, 0) is 6.54 Å². The third-order valence-electron chi connectivity index (χ3n) is 3.86. The van der Waals surface area contributed by atoms with Gasteiger partial charge >= 0.3 is 0 Å². The maximum Gasteiger partial charge on any atom is 0.0950 e. The summed E-state index contributed by atoms with van der Waals surface area (Å²) in [6, 6.07) is 10.5. The van der Waals surface area contributed by atoms with Crippen LogP contribution < -0.4 is 0 Å². The van der Waals surface area contributed by atoms with Crippen molar-refractivity contribution < 1.29 is 0 Å². The van der Waals surface area contributed by atoms with Gasteiger partial charge in [0, 0.05) is 6.54 Å². The summed E-state index contributed by atoms with van der Waals surface area (Å²) in [4.78, 5) is 4.32. The molecule has 0 aliphatic rings. The first kappa shape index (κ1) is 15.6. The van der Waals surface area contributed by atoms with Gasteiger partial charge in [-0.3, -0.25) is 0 Å². The molecule has 0 amide bonds. The van der Waals surface area contributed by atoms with Crippen molar-refractivity contribution in [3.63, 3.8) is 0 Å². The van der Waals surface area contributed by atoms with E-state index < -0.39 is 0 Å². The molecule has 112 valence electrons. The highest BCUT2D eigenvalue weighted by molar-refractivity contribution is 5.58. The van der Waals surface area contributed by atoms with Crippen LogP contribution in [0.1, 0.15) is 40.0 Å². The van der Waals surface area contributed by atoms with E-state index in [1.807, 2.05) is 12.5 Å². The highest BCUT2D eigenvalue weighted by Gasteiger charge is 2.07. The smallest absolute Gasteiger partial charge is 0.0950 e. The SMILES string of the molecule is CC(C)=CCCC(C)CCn1cncc1-c1ccccc1. The molecule has 0 saturated heterocycles. The molecule has 0 saturated carbocycles. The van der Waals surface area contributed by atoms with Gasteiger partial charge in [-0.05, 0) is 44.6 Å². The number of aryl methyl sites for hydroxylation is 1. The van der Waals surface area contributed by atoms with Crippen LogP contribution in [0.3, 0.4) is 0 Å². The second-order valence-corrected chi connectivity index (χ2v) is 6.09. The van der Waals surface area contributed by atoms with Crippen molar-refractivity contribution >= 4 is 0 Å². The molecule has 2 aromatic rings. The third kappa shape index (κ3) is 4.89. The minimum Gasteiger partial charge on any atom is -0.331 e. The van der Waals surface area contributed by atoms with Gasteiger partial charge in [-0.1, -0.05) is 48.9 Å². The summed E-state index contributed by atoms with van der Waals surface area (Å²) < 4.78 is 2.27. The molecule has 0 aliphatic carbocycles. The molecule has 0 N–H and O–H groups in total. The predicted molar refractivity (Wildman–Crippen MR) is 90.1 cm³/mol. The van der Waals surface area contributed by atoms with Crippen molar-refractivity contribution in [3.05, 3.63) is 54.5 Å². The highest BCUT2D eigenvalue weighted by Crippen LogP contribution is 2.20. The minimum absolute atomic E-state index is 0.742. The Morgan fingerprint density at radius 1 is 1.19 bits per heavy atom. The Hall–Kier alpha value is -1.83. The van der Waals surface area contributed by atoms with Gasteiger partial charge in [-0.25, -0.2) is 4.98 Å². The summed E-state index contributed by atoms with van der Waals surface area (Å²) in [6.45, 7) is 7.72. The predicted octanol–water partition coefficient (Wildman–Crippen LogP) is 5.32. The lowest BCUT2D eigenvalue weighted by atomic mass is 10.0. The molecule has 0 bridgehead atoms. The number of aromatic nitrogens is 2. The number of benzene rings is 1. The number of nitrogens with zero attached hydrogens (tertiary/aromatic N) is 2. The maximum atomic E-state index is 4.32. The summed E-state index contributed by atoms with van der Waals surface area (Å²) >= 11 is 0. The first-order chi connectivity index (χ1) is 10.2. The lowest BCUT2D eigenvalue weighted by molar-refractivity contribution is 0.456. The minimum atomic E-state index is 0.742. The fourth-order valence-corrected chi connectivity index (χ4v) is 2.51. The van der Waals surface area contributed by atoms with Crippen molar-refractivity contribution in [2.45, 2.75) is 46.6 Å². The van der Waals surface area contributed by atoms with Crippen LogP contribution >= 0.6 is 0 Å². The molecule has 1 aromatic carbocycles. The van der Waals surface area contributed by atoms with Crippen molar-refractivity contribution in [2.75, 3.05) is 0 Å². The molecule has 2 rings (SSSR count). The van der Waals surface area contributed by atoms with E-state index in [9.17, 15) is 0 Å². The average molecular weight is 282 g/mol. The zero-order chi connectivity index (χ0) is 15.1. The van der Waals surface area contributed by atoms with Crippen molar-refractivity contribution in [3.8, 4) is 11.3 Å². The lowest BCUT2D eigenvalue weighted by Crippen LogP contribution is -2.04. The molecule has 0 fully saturated rings. The van der Waals surface area contributed by atoms with E-state index >= 15 is 0 Å². The molecular weight excluding hydrogens is 256 g/mol. The topological polar surface area (TPSA) is 17.8 Å². The van der Waals surface area contributed by atoms with Crippen LogP contribution in [0.4, 0.5) is 0 Å². The standard InChI is InChI=1S/C19H26N2/c1-16(2)8-7-9-17(3)12-13-21-15-20-14-19(21)18-10-5-4-6-11-18/h4-6,8,10-11,14-15,17H,7,9,12-13H2,1-3H3. The molecule has 2 nitrogen and oxygen atoms in total. The molecule has 1 unspecified atom stereocenters. The van der Waals surface area contributed by atoms with Crippen molar-refractivity contribution in [1.82, 2.24) is 9.55 Å². The van der Waals surface area contributed by atoms with Crippen LogP contribution in [0.5, 0.6) is 0 Å². The molecule has 1 atom stereocenters. The molecular formula is C19H26N2. The first-order valence-electron chi connectivity index (χ1n) is 7.85. The Labute approximate surface area is 128 Å². The molecule has 0 radical (unpaired) electrons. The number of hydrogen-bond acceptors (Lipinski definition) is 1. The zero-order valence-corrected chi connectivity index (χ0v) is 13.4. The van der Waals surface area contributed by atoms with Gasteiger partial charge in [-0.2, -0.15) is 0 Å². The van der Waals surface area contributed by atoms with Gasteiger partial charge in [-0.15, -0.1) is 0 Å². The Bertz CT molecular complexity index is 562. The van der Waals surface area contributed by atoms with Crippen LogP contribution in [0.2, 0.25) is 0 Å². The highest BCUT2D eigenvalue weighted by atomic mass is 15.0. The van der Waals surface area contributed by atoms with Gasteiger partial charge < -0.3 is 4.57 Å². The van der Waals surface area contributed by atoms with E-state index in [0.717, 1.165) is 12.5 Å². The normalized spacial score (nSPS) is 12.1. The van der Waals surface area contributed by atoms with E-state index in [2.05, 4.69) is 66.7 Å². The Morgan fingerprint density at radius 2 is 1.95 bits per heavy atom. The number of allylic oxidation sites excluding steroid dienone is 2. The fourth-order valence-electron chi connectivity index (χ4n) is 2.51. The first-order valence-corrected chi connectivity index (χ1v) is 7.85. The van der Waals surface area contributed by atoms with Crippen molar-refractivity contribution in [1.29, 1.82) is 0 Å². The van der Waals surface area contributed by atoms with Gasteiger partial charge in [0.05, 0.1) is 18.2 Å². The molecule has 21 heavy (non-hydrogen) atoms. The van der Waals surface area contributed by atoms with E-state index in [-0.39, 0.29) is 0 Å². The van der Waals surface area contributed by atoms with Gasteiger partial charge in [0.2, 0.25) is 0 Å². The van der Waals surface area contributed by atoms with Gasteiger partial charge in [0.15, 0.2) is 0 Å². The Kier molecular flexibility index (Phi) is 5.79. The molecule has 0 aliphatic heterocycles. The fraction of sp³-hybridized carbons (Fsp3) is 0.421. The Balaban J connectivity index is 1.90. The van der Waals surface area contributed by atoms with Crippen LogP contribution in [-0.4, -0.2) is 9.55 Å². The van der Waals surface area contributed by atoms with E-state index in [0.29, 0.717) is 0 Å². The lowest BCUT2D eigenvalue weighted by Gasteiger charge is -2.13. The summed E-state index contributed by atoms with van der Waals surface area (Å²) in [5.41, 5.74) is 3.88. The largest absolute Gasteiger partial charge is 0.331 e. The third-order valence-corrected chi connectivity index (χ3v) is 3.86. The number of hydrogen-bond donors (Lipinski definition) is 0. The van der Waals surface area contributed by atoms with Crippen LogP contribution in [0.15, 0.2) is 54.5 Å². The summed E-state index contributed by atoms with van der Waals surface area (Å²) in [5, 5.41) is 0. The van der Waals surface area contributed by atoms with E-state index in [1.165, 1.54) is 36.1 Å². The summed E-state index contributed by atoms with van der Waals surface area (Å²) in [5.74, 6) is 0.742. The number of imidazole rings is 1. The van der Waals surface area contributed by atoms with E-state index in [4.69, 9.17) is 0 Å². The maximum absolute atomic E-state index is 4.32. The number of rotatable bonds is 7. The summed E-state index contributed by atoms with van der Waals surface area (Å²) in [6.07, 6.45) is 9.91. The monoisotopic (exact) mass is 282 g/mol. The van der Waals surface area contributed by atoms with Crippen molar-refractivity contribution in [2.24, 2.45) is 5.92 Å². The molecule has 1 aromatic heterocycles. The zero-order valence-electron chi connectivity index (χ0n) is 13.4. The molecule has 1 heterocycles.